The molecule has 1 amide bonds. The minimum atomic E-state index is -0.948. The molecule has 3 rings (SSSR count). The molecule has 0 spiro atoms. The number of ether oxygens (including phenoxy) is 1. The van der Waals surface area contributed by atoms with Crippen molar-refractivity contribution in [2.24, 2.45) is 0 Å². The maximum absolute atomic E-state index is 12.5. The third-order valence-electron chi connectivity index (χ3n) is 3.90. The van der Waals surface area contributed by atoms with Crippen molar-refractivity contribution in [3.8, 4) is 11.3 Å². The van der Waals surface area contributed by atoms with Crippen molar-refractivity contribution in [1.29, 1.82) is 0 Å². The van der Waals surface area contributed by atoms with Gasteiger partial charge < -0.3 is 19.3 Å². The molecule has 0 radical (unpaired) electrons. The second kappa shape index (κ2) is 6.84. The summed E-state index contributed by atoms with van der Waals surface area (Å²) in [4.78, 5) is 24.8. The second-order valence-electron chi connectivity index (χ2n) is 5.78. The Balaban J connectivity index is 1.71. The molecule has 1 unspecified atom stereocenters. The van der Waals surface area contributed by atoms with Crippen LogP contribution >= 0.6 is 0 Å². The van der Waals surface area contributed by atoms with Gasteiger partial charge in [-0.1, -0.05) is 35.0 Å². The van der Waals surface area contributed by atoms with Gasteiger partial charge in [-0.3, -0.25) is 9.59 Å². The topological polar surface area (TPSA) is 92.9 Å². The monoisotopic (exact) mass is 330 g/mol. The second-order valence-corrected chi connectivity index (χ2v) is 5.78. The zero-order chi connectivity index (χ0) is 17.1. The number of carbonyl (C=O) groups excluding carboxylic acids is 1. The van der Waals surface area contributed by atoms with E-state index in [1.54, 1.807) is 6.07 Å². The molecule has 0 bridgehead atoms. The first-order valence-corrected chi connectivity index (χ1v) is 7.69. The molecular weight excluding hydrogens is 312 g/mol. The van der Waals surface area contributed by atoms with Crippen LogP contribution in [-0.2, 0) is 9.53 Å². The summed E-state index contributed by atoms with van der Waals surface area (Å²) in [6, 6.07) is 9.36. The number of benzene rings is 1. The van der Waals surface area contributed by atoms with Gasteiger partial charge in [0.05, 0.1) is 19.1 Å². The van der Waals surface area contributed by atoms with E-state index in [0.717, 1.165) is 11.1 Å². The number of amides is 1. The molecule has 2 heterocycles. The Bertz CT molecular complexity index is 738. The van der Waals surface area contributed by atoms with Gasteiger partial charge in [-0.25, -0.2) is 0 Å². The SMILES string of the molecule is Cc1ccc(-c2cc(C(=O)N3CCOC(CC(=O)O)C3)on2)cc1. The van der Waals surface area contributed by atoms with Crippen LogP contribution in [0.1, 0.15) is 22.5 Å². The minimum Gasteiger partial charge on any atom is -0.481 e. The maximum Gasteiger partial charge on any atom is 0.306 e. The van der Waals surface area contributed by atoms with Gasteiger partial charge in [0, 0.05) is 24.7 Å². The highest BCUT2D eigenvalue weighted by Crippen LogP contribution is 2.21. The number of nitrogens with zero attached hydrogens (tertiary/aromatic N) is 2. The lowest BCUT2D eigenvalue weighted by Gasteiger charge is -2.31. The molecule has 1 fully saturated rings. The van der Waals surface area contributed by atoms with E-state index >= 15 is 0 Å². The third kappa shape index (κ3) is 3.62. The van der Waals surface area contributed by atoms with Crippen LogP contribution in [0, 0.1) is 6.92 Å². The van der Waals surface area contributed by atoms with Gasteiger partial charge in [-0.2, -0.15) is 0 Å². The van der Waals surface area contributed by atoms with E-state index in [9.17, 15) is 9.59 Å². The van der Waals surface area contributed by atoms with Crippen LogP contribution in [0.15, 0.2) is 34.9 Å². The molecule has 1 aromatic heterocycles. The molecule has 1 saturated heterocycles. The lowest BCUT2D eigenvalue weighted by Crippen LogP contribution is -2.46. The number of morpholine rings is 1. The normalized spacial score (nSPS) is 17.7. The van der Waals surface area contributed by atoms with Crippen molar-refractivity contribution < 1.29 is 24.0 Å². The Morgan fingerprint density at radius 2 is 2.08 bits per heavy atom. The zero-order valence-electron chi connectivity index (χ0n) is 13.3. The fourth-order valence-corrected chi connectivity index (χ4v) is 2.61. The number of rotatable bonds is 4. The quantitative estimate of drug-likeness (QED) is 0.921. The molecule has 1 aromatic carbocycles. The first-order chi connectivity index (χ1) is 11.5. The summed E-state index contributed by atoms with van der Waals surface area (Å²) in [6.45, 7) is 2.93. The Morgan fingerprint density at radius 3 is 2.79 bits per heavy atom. The average molecular weight is 330 g/mol. The number of aryl methyl sites for hydroxylation is 1. The minimum absolute atomic E-state index is 0.130. The predicted octanol–water partition coefficient (Wildman–Crippen LogP) is 1.97. The smallest absolute Gasteiger partial charge is 0.306 e. The van der Waals surface area contributed by atoms with Crippen molar-refractivity contribution >= 4 is 11.9 Å². The summed E-state index contributed by atoms with van der Waals surface area (Å²) < 4.78 is 10.6. The number of hydrogen-bond donors (Lipinski definition) is 1. The van der Waals surface area contributed by atoms with Crippen molar-refractivity contribution in [2.45, 2.75) is 19.4 Å². The predicted molar refractivity (Wildman–Crippen MR) is 84.6 cm³/mol. The molecule has 0 aliphatic carbocycles. The van der Waals surface area contributed by atoms with Crippen LogP contribution in [0.2, 0.25) is 0 Å². The number of aliphatic carboxylic acids is 1. The van der Waals surface area contributed by atoms with E-state index in [4.69, 9.17) is 14.4 Å². The van der Waals surface area contributed by atoms with Gasteiger partial charge in [-0.15, -0.1) is 0 Å². The van der Waals surface area contributed by atoms with Gasteiger partial charge in [0.25, 0.3) is 5.91 Å². The highest BCUT2D eigenvalue weighted by molar-refractivity contribution is 5.92. The highest BCUT2D eigenvalue weighted by atomic mass is 16.5. The van der Waals surface area contributed by atoms with Crippen molar-refractivity contribution in [3.63, 3.8) is 0 Å². The Kier molecular flexibility index (Phi) is 4.61. The fourth-order valence-electron chi connectivity index (χ4n) is 2.61. The number of carbonyl (C=O) groups is 2. The third-order valence-corrected chi connectivity index (χ3v) is 3.90. The van der Waals surface area contributed by atoms with Gasteiger partial charge in [0.15, 0.2) is 0 Å². The van der Waals surface area contributed by atoms with Crippen LogP contribution in [0.25, 0.3) is 11.3 Å². The van der Waals surface area contributed by atoms with E-state index in [-0.39, 0.29) is 24.6 Å². The van der Waals surface area contributed by atoms with E-state index in [1.807, 2.05) is 31.2 Å². The first kappa shape index (κ1) is 16.2. The summed E-state index contributed by atoms with van der Waals surface area (Å²) >= 11 is 0. The van der Waals surface area contributed by atoms with Gasteiger partial charge >= 0.3 is 5.97 Å². The number of hydrogen-bond acceptors (Lipinski definition) is 5. The molecule has 2 aromatic rings. The van der Waals surface area contributed by atoms with Gasteiger partial charge in [0.1, 0.15) is 5.69 Å². The van der Waals surface area contributed by atoms with Crippen molar-refractivity contribution in [2.75, 3.05) is 19.7 Å². The number of carboxylic acids is 1. The zero-order valence-corrected chi connectivity index (χ0v) is 13.3. The summed E-state index contributed by atoms with van der Waals surface area (Å²) in [7, 11) is 0. The van der Waals surface area contributed by atoms with E-state index in [1.165, 1.54) is 4.90 Å². The Labute approximate surface area is 138 Å². The van der Waals surface area contributed by atoms with E-state index in [0.29, 0.717) is 18.8 Å². The lowest BCUT2D eigenvalue weighted by atomic mass is 10.1. The van der Waals surface area contributed by atoms with Crippen molar-refractivity contribution in [3.05, 3.63) is 41.7 Å². The number of aromatic nitrogens is 1. The van der Waals surface area contributed by atoms with Crippen LogP contribution in [-0.4, -0.2) is 52.8 Å². The highest BCUT2D eigenvalue weighted by Gasteiger charge is 2.28. The molecule has 126 valence electrons. The van der Waals surface area contributed by atoms with Gasteiger partial charge in [0.2, 0.25) is 5.76 Å². The van der Waals surface area contributed by atoms with E-state index < -0.39 is 12.1 Å². The standard InChI is InChI=1S/C17H18N2O5/c1-11-2-4-12(5-3-11)14-9-15(24-18-14)17(22)19-6-7-23-13(10-19)8-16(20)21/h2-5,9,13H,6-8,10H2,1H3,(H,20,21). The molecule has 7 nitrogen and oxygen atoms in total. The van der Waals surface area contributed by atoms with Crippen LogP contribution in [0.4, 0.5) is 0 Å². The summed E-state index contributed by atoms with van der Waals surface area (Å²) in [5.41, 5.74) is 2.60. The summed E-state index contributed by atoms with van der Waals surface area (Å²) in [5.74, 6) is -1.11. The largest absolute Gasteiger partial charge is 0.481 e. The van der Waals surface area contributed by atoms with Crippen LogP contribution in [0.5, 0.6) is 0 Å². The fraction of sp³-hybridized carbons (Fsp3) is 0.353. The molecule has 1 aliphatic heterocycles. The lowest BCUT2D eigenvalue weighted by molar-refractivity contribution is -0.141. The van der Waals surface area contributed by atoms with E-state index in [2.05, 4.69) is 5.16 Å². The first-order valence-electron chi connectivity index (χ1n) is 7.69. The van der Waals surface area contributed by atoms with Gasteiger partial charge in [-0.05, 0) is 6.92 Å². The molecular formula is C17H18N2O5. The van der Waals surface area contributed by atoms with Crippen LogP contribution < -0.4 is 0 Å². The molecule has 1 atom stereocenters. The molecule has 24 heavy (non-hydrogen) atoms. The Morgan fingerprint density at radius 1 is 1.33 bits per heavy atom. The Hall–Kier alpha value is -2.67. The molecule has 0 saturated carbocycles. The van der Waals surface area contributed by atoms with Crippen LogP contribution in [0.3, 0.4) is 0 Å². The summed E-state index contributed by atoms with van der Waals surface area (Å²) in [5, 5.41) is 12.8. The number of carboxylic acid groups (broad SMARTS) is 1. The maximum atomic E-state index is 12.5. The molecule has 1 N–H and O–H groups in total. The average Bonchev–Trinajstić information content (AvgIpc) is 3.04. The molecule has 1 aliphatic rings. The molecule has 7 heteroatoms. The van der Waals surface area contributed by atoms with Crippen molar-refractivity contribution in [1.82, 2.24) is 10.1 Å². The summed E-state index contributed by atoms with van der Waals surface area (Å²) in [6.07, 6.45) is -0.630.